The van der Waals surface area contributed by atoms with Crippen LogP contribution in [0.1, 0.15) is 23.5 Å². The average Bonchev–Trinajstić information content (AvgIpc) is 2.38. The van der Waals surface area contributed by atoms with E-state index in [1.54, 1.807) is 24.5 Å². The molecule has 86 valence electrons. The predicted octanol–water partition coefficient (Wildman–Crippen LogP) is 2.51. The third-order valence-corrected chi connectivity index (χ3v) is 2.75. The molecule has 0 bridgehead atoms. The zero-order chi connectivity index (χ0) is 12.1. The fourth-order valence-electron chi connectivity index (χ4n) is 1.92. The molecule has 1 atom stereocenters. The van der Waals surface area contributed by atoms with Crippen molar-refractivity contribution in [3.8, 4) is 5.75 Å². The van der Waals surface area contributed by atoms with Crippen molar-refractivity contribution in [1.29, 1.82) is 0 Å². The molecule has 1 unspecified atom stereocenters. The Labute approximate surface area is 99.8 Å². The van der Waals surface area contributed by atoms with Gasteiger partial charge in [0, 0.05) is 30.3 Å². The first kappa shape index (κ1) is 11.3. The van der Waals surface area contributed by atoms with Crippen LogP contribution in [-0.4, -0.2) is 16.4 Å². The van der Waals surface area contributed by atoms with Gasteiger partial charge < -0.3 is 9.90 Å². The van der Waals surface area contributed by atoms with E-state index < -0.39 is 0 Å². The first-order valence-electron chi connectivity index (χ1n) is 5.44. The monoisotopic (exact) mass is 227 g/mol. The van der Waals surface area contributed by atoms with Crippen molar-refractivity contribution in [1.82, 2.24) is 4.98 Å². The number of carbonyl (C=O) groups excluding carboxylic acids is 1. The second kappa shape index (κ2) is 5.25. The van der Waals surface area contributed by atoms with Crippen LogP contribution in [0, 0.1) is 0 Å². The van der Waals surface area contributed by atoms with Crippen molar-refractivity contribution in [2.24, 2.45) is 0 Å². The minimum Gasteiger partial charge on any atom is -0.508 e. The topological polar surface area (TPSA) is 50.2 Å². The lowest BCUT2D eigenvalue weighted by molar-refractivity contribution is -0.108. The van der Waals surface area contributed by atoms with Crippen LogP contribution >= 0.6 is 0 Å². The molecular weight excluding hydrogens is 214 g/mol. The van der Waals surface area contributed by atoms with E-state index in [1.165, 1.54) is 0 Å². The molecule has 3 nitrogen and oxygen atoms in total. The Bertz CT molecular complexity index is 497. The highest BCUT2D eigenvalue weighted by molar-refractivity contribution is 5.55. The Kier molecular flexibility index (Phi) is 3.50. The highest BCUT2D eigenvalue weighted by atomic mass is 16.3. The van der Waals surface area contributed by atoms with Gasteiger partial charge in [0.2, 0.25) is 0 Å². The summed E-state index contributed by atoms with van der Waals surface area (Å²) in [6.45, 7) is 0. The van der Waals surface area contributed by atoms with Crippen LogP contribution in [0.5, 0.6) is 5.75 Å². The zero-order valence-corrected chi connectivity index (χ0v) is 9.28. The lowest BCUT2D eigenvalue weighted by atomic mass is 9.89. The molecule has 17 heavy (non-hydrogen) atoms. The van der Waals surface area contributed by atoms with Gasteiger partial charge in [-0.2, -0.15) is 0 Å². The summed E-state index contributed by atoms with van der Waals surface area (Å²) in [5, 5.41) is 9.84. The van der Waals surface area contributed by atoms with Crippen LogP contribution in [-0.2, 0) is 4.79 Å². The van der Waals surface area contributed by atoms with E-state index in [0.29, 0.717) is 6.42 Å². The standard InChI is InChI=1S/C14H13NO2/c16-10-7-12(11-5-8-15-9-6-11)13-3-1-2-4-14(13)17/h1-6,8-10,12,17H,7H2. The first-order valence-corrected chi connectivity index (χ1v) is 5.44. The minimum absolute atomic E-state index is 0.114. The van der Waals surface area contributed by atoms with Crippen molar-refractivity contribution in [2.75, 3.05) is 0 Å². The predicted molar refractivity (Wildman–Crippen MR) is 64.9 cm³/mol. The third-order valence-electron chi connectivity index (χ3n) is 2.75. The molecule has 3 heteroatoms. The van der Waals surface area contributed by atoms with E-state index in [2.05, 4.69) is 4.98 Å². The summed E-state index contributed by atoms with van der Waals surface area (Å²) in [5.41, 5.74) is 1.75. The Morgan fingerprint density at radius 2 is 1.88 bits per heavy atom. The van der Waals surface area contributed by atoms with Gasteiger partial charge in [0.15, 0.2) is 0 Å². The van der Waals surface area contributed by atoms with E-state index >= 15 is 0 Å². The highest BCUT2D eigenvalue weighted by Gasteiger charge is 2.16. The number of aromatic nitrogens is 1. The molecule has 1 aromatic carbocycles. The van der Waals surface area contributed by atoms with Gasteiger partial charge in [-0.25, -0.2) is 0 Å². The molecule has 0 aliphatic rings. The summed E-state index contributed by atoms with van der Waals surface area (Å²) in [5.74, 6) is 0.105. The largest absolute Gasteiger partial charge is 0.508 e. The second-order valence-corrected chi connectivity index (χ2v) is 3.79. The fourth-order valence-corrected chi connectivity index (χ4v) is 1.92. The normalized spacial score (nSPS) is 12.0. The Balaban J connectivity index is 2.43. The van der Waals surface area contributed by atoms with Crippen molar-refractivity contribution < 1.29 is 9.90 Å². The molecule has 2 rings (SSSR count). The molecule has 1 aromatic heterocycles. The highest BCUT2D eigenvalue weighted by Crippen LogP contribution is 2.32. The molecular formula is C14H13NO2. The van der Waals surface area contributed by atoms with Crippen molar-refractivity contribution in [3.05, 3.63) is 59.9 Å². The van der Waals surface area contributed by atoms with E-state index in [9.17, 15) is 9.90 Å². The number of benzene rings is 1. The number of rotatable bonds is 4. The SMILES string of the molecule is O=CCC(c1ccncc1)c1ccccc1O. The number of nitrogens with zero attached hydrogens (tertiary/aromatic N) is 1. The summed E-state index contributed by atoms with van der Waals surface area (Å²) in [6, 6.07) is 10.8. The van der Waals surface area contributed by atoms with Gasteiger partial charge in [-0.15, -0.1) is 0 Å². The van der Waals surface area contributed by atoms with Crippen LogP contribution in [0.4, 0.5) is 0 Å². The van der Waals surface area contributed by atoms with Crippen molar-refractivity contribution in [3.63, 3.8) is 0 Å². The van der Waals surface area contributed by atoms with Crippen molar-refractivity contribution in [2.45, 2.75) is 12.3 Å². The van der Waals surface area contributed by atoms with Crippen LogP contribution in [0.25, 0.3) is 0 Å². The van der Waals surface area contributed by atoms with Gasteiger partial charge in [-0.05, 0) is 23.8 Å². The van der Waals surface area contributed by atoms with E-state index in [-0.39, 0.29) is 11.7 Å². The minimum atomic E-state index is -0.114. The lowest BCUT2D eigenvalue weighted by Crippen LogP contribution is -2.02. The molecule has 1 heterocycles. The molecule has 0 spiro atoms. The maximum absolute atomic E-state index is 10.8. The Morgan fingerprint density at radius 1 is 1.18 bits per heavy atom. The number of phenolic OH excluding ortho intramolecular Hbond substituents is 1. The van der Waals surface area contributed by atoms with Gasteiger partial charge in [-0.1, -0.05) is 18.2 Å². The molecule has 0 amide bonds. The Hall–Kier alpha value is -2.16. The average molecular weight is 227 g/mol. The van der Waals surface area contributed by atoms with E-state index in [1.807, 2.05) is 24.3 Å². The number of hydrogen-bond acceptors (Lipinski definition) is 3. The lowest BCUT2D eigenvalue weighted by Gasteiger charge is -2.16. The summed E-state index contributed by atoms with van der Waals surface area (Å²) in [7, 11) is 0. The first-order chi connectivity index (χ1) is 8.33. The van der Waals surface area contributed by atoms with Gasteiger partial charge in [-0.3, -0.25) is 4.98 Å². The summed E-state index contributed by atoms with van der Waals surface area (Å²) in [4.78, 5) is 14.7. The van der Waals surface area contributed by atoms with Gasteiger partial charge in [0.05, 0.1) is 0 Å². The van der Waals surface area contributed by atoms with Gasteiger partial charge in [0.25, 0.3) is 0 Å². The Morgan fingerprint density at radius 3 is 2.53 bits per heavy atom. The number of aromatic hydroxyl groups is 1. The smallest absolute Gasteiger partial charge is 0.120 e. The number of aldehydes is 1. The van der Waals surface area contributed by atoms with Gasteiger partial charge in [0.1, 0.15) is 12.0 Å². The maximum atomic E-state index is 10.8. The number of carbonyl (C=O) groups is 1. The van der Waals surface area contributed by atoms with Crippen LogP contribution in [0.3, 0.4) is 0 Å². The zero-order valence-electron chi connectivity index (χ0n) is 9.28. The second-order valence-electron chi connectivity index (χ2n) is 3.79. The van der Waals surface area contributed by atoms with E-state index in [4.69, 9.17) is 0 Å². The van der Waals surface area contributed by atoms with Crippen LogP contribution in [0.15, 0.2) is 48.8 Å². The third kappa shape index (κ3) is 2.50. The maximum Gasteiger partial charge on any atom is 0.120 e. The van der Waals surface area contributed by atoms with E-state index in [0.717, 1.165) is 17.4 Å². The van der Waals surface area contributed by atoms with Crippen LogP contribution in [0.2, 0.25) is 0 Å². The molecule has 0 fully saturated rings. The summed E-state index contributed by atoms with van der Waals surface area (Å²) in [6.07, 6.45) is 4.60. The molecule has 1 N–H and O–H groups in total. The number of phenols is 1. The summed E-state index contributed by atoms with van der Waals surface area (Å²) < 4.78 is 0. The molecule has 0 radical (unpaired) electrons. The molecule has 0 saturated heterocycles. The number of hydrogen-bond donors (Lipinski definition) is 1. The molecule has 0 saturated carbocycles. The molecule has 2 aromatic rings. The fraction of sp³-hybridized carbons (Fsp3) is 0.143. The van der Waals surface area contributed by atoms with Crippen molar-refractivity contribution >= 4 is 6.29 Å². The molecule has 0 aliphatic heterocycles. The van der Waals surface area contributed by atoms with Crippen LogP contribution < -0.4 is 0 Å². The molecule has 0 aliphatic carbocycles. The number of pyridine rings is 1. The quantitative estimate of drug-likeness (QED) is 0.816. The summed E-state index contributed by atoms with van der Waals surface area (Å²) >= 11 is 0. The number of para-hydroxylation sites is 1. The van der Waals surface area contributed by atoms with Gasteiger partial charge >= 0.3 is 0 Å².